The number of piperazine rings is 1. The maximum atomic E-state index is 5.76. The maximum absolute atomic E-state index is 5.76. The number of hydrogen-bond donors (Lipinski definition) is 1. The summed E-state index contributed by atoms with van der Waals surface area (Å²) in [7, 11) is 2.14. The van der Waals surface area contributed by atoms with Crippen molar-refractivity contribution in [3.63, 3.8) is 0 Å². The Morgan fingerprint density at radius 1 is 1.05 bits per heavy atom. The van der Waals surface area contributed by atoms with Crippen molar-refractivity contribution >= 4 is 0 Å². The Kier molecular flexibility index (Phi) is 12.7. The van der Waals surface area contributed by atoms with Gasteiger partial charge < -0.3 is 19.9 Å². The first-order chi connectivity index (χ1) is 9.34. The lowest BCUT2D eigenvalue weighted by Gasteiger charge is -2.36. The lowest BCUT2D eigenvalue weighted by molar-refractivity contribution is -0.0454. The molecule has 4 heteroatoms. The molecule has 4 nitrogen and oxygen atoms in total. The highest BCUT2D eigenvalue weighted by Gasteiger charge is 2.23. The van der Waals surface area contributed by atoms with E-state index in [2.05, 4.69) is 22.2 Å². The quantitative estimate of drug-likeness (QED) is 0.771. The van der Waals surface area contributed by atoms with Gasteiger partial charge in [0.05, 0.1) is 6.10 Å². The summed E-state index contributed by atoms with van der Waals surface area (Å²) in [6, 6.07) is 0. The molecule has 0 aliphatic carbocycles. The maximum Gasteiger partial charge on any atom is 0.0828 e. The first kappa shape index (κ1) is 18.8. The van der Waals surface area contributed by atoms with E-state index in [1.165, 1.54) is 26.1 Å². The SMILES string of the molecule is CC.CC.CN1CC(OCCCN2CCNCC2)C1. The average Bonchev–Trinajstić information content (AvgIpc) is 2.47. The highest BCUT2D eigenvalue weighted by molar-refractivity contribution is 4.77. The predicted octanol–water partition coefficient (Wildman–Crippen LogP) is 1.66. The number of likely N-dealkylation sites (tertiary alicyclic amines) is 1. The van der Waals surface area contributed by atoms with Gasteiger partial charge in [0.25, 0.3) is 0 Å². The fraction of sp³-hybridized carbons (Fsp3) is 1.00. The number of rotatable bonds is 5. The Balaban J connectivity index is 0.000000741. The molecular formula is C15H35N3O. The minimum Gasteiger partial charge on any atom is -0.376 e. The van der Waals surface area contributed by atoms with E-state index in [9.17, 15) is 0 Å². The molecule has 0 aromatic rings. The molecule has 0 spiro atoms. The molecule has 0 amide bonds. The van der Waals surface area contributed by atoms with E-state index in [1.807, 2.05) is 27.7 Å². The van der Waals surface area contributed by atoms with Crippen LogP contribution in [0.25, 0.3) is 0 Å². The van der Waals surface area contributed by atoms with Crippen LogP contribution in [0, 0.1) is 0 Å². The first-order valence-corrected chi connectivity index (χ1v) is 8.08. The average molecular weight is 273 g/mol. The van der Waals surface area contributed by atoms with Crippen molar-refractivity contribution in [1.82, 2.24) is 15.1 Å². The normalized spacial score (nSPS) is 20.7. The van der Waals surface area contributed by atoms with Crippen LogP contribution in [0.2, 0.25) is 0 Å². The summed E-state index contributed by atoms with van der Waals surface area (Å²) in [5.74, 6) is 0. The van der Waals surface area contributed by atoms with Crippen LogP contribution in [0.1, 0.15) is 34.1 Å². The summed E-state index contributed by atoms with van der Waals surface area (Å²) in [5, 5.41) is 3.37. The highest BCUT2D eigenvalue weighted by atomic mass is 16.5. The van der Waals surface area contributed by atoms with E-state index in [4.69, 9.17) is 4.74 Å². The smallest absolute Gasteiger partial charge is 0.0828 e. The number of hydrogen-bond acceptors (Lipinski definition) is 4. The Hall–Kier alpha value is -0.160. The van der Waals surface area contributed by atoms with Gasteiger partial charge in [0.1, 0.15) is 0 Å². The van der Waals surface area contributed by atoms with Crippen molar-refractivity contribution in [2.75, 3.05) is 59.5 Å². The fourth-order valence-corrected chi connectivity index (χ4v) is 2.22. The zero-order chi connectivity index (χ0) is 14.5. The van der Waals surface area contributed by atoms with Crippen molar-refractivity contribution in [1.29, 1.82) is 0 Å². The van der Waals surface area contributed by atoms with Gasteiger partial charge in [-0.15, -0.1) is 0 Å². The molecule has 2 heterocycles. The third-order valence-corrected chi connectivity index (χ3v) is 3.21. The van der Waals surface area contributed by atoms with E-state index >= 15 is 0 Å². The van der Waals surface area contributed by atoms with Gasteiger partial charge in [0, 0.05) is 52.4 Å². The Morgan fingerprint density at radius 3 is 2.16 bits per heavy atom. The summed E-state index contributed by atoms with van der Waals surface area (Å²) in [6.45, 7) is 17.1. The van der Waals surface area contributed by atoms with Crippen LogP contribution in [0.3, 0.4) is 0 Å². The van der Waals surface area contributed by atoms with E-state index < -0.39 is 0 Å². The Labute approximate surface area is 120 Å². The number of nitrogens with one attached hydrogen (secondary N) is 1. The van der Waals surface area contributed by atoms with E-state index in [0.717, 1.165) is 32.8 Å². The largest absolute Gasteiger partial charge is 0.376 e. The molecule has 2 aliphatic heterocycles. The summed E-state index contributed by atoms with van der Waals surface area (Å²) in [6.07, 6.45) is 1.69. The molecule has 19 heavy (non-hydrogen) atoms. The van der Waals surface area contributed by atoms with Gasteiger partial charge in [-0.05, 0) is 13.5 Å². The molecule has 0 bridgehead atoms. The Bertz CT molecular complexity index is 178. The molecule has 0 aromatic carbocycles. The first-order valence-electron chi connectivity index (χ1n) is 8.08. The van der Waals surface area contributed by atoms with Gasteiger partial charge >= 0.3 is 0 Å². The van der Waals surface area contributed by atoms with Gasteiger partial charge in [-0.3, -0.25) is 0 Å². The third-order valence-electron chi connectivity index (χ3n) is 3.21. The van der Waals surface area contributed by atoms with Crippen molar-refractivity contribution in [2.45, 2.75) is 40.2 Å². The minimum absolute atomic E-state index is 0.512. The number of ether oxygens (including phenoxy) is 1. The molecule has 2 saturated heterocycles. The standard InChI is InChI=1S/C11H23N3O.2C2H6/c1-13-9-11(10-13)15-8-2-5-14-6-3-12-4-7-14;2*1-2/h11-12H,2-10H2,1H3;2*1-2H3. The summed E-state index contributed by atoms with van der Waals surface area (Å²) in [5.41, 5.74) is 0. The van der Waals surface area contributed by atoms with Crippen molar-refractivity contribution in [2.24, 2.45) is 0 Å². The minimum atomic E-state index is 0.512. The van der Waals surface area contributed by atoms with Crippen LogP contribution in [-0.2, 0) is 4.74 Å². The second-order valence-electron chi connectivity index (χ2n) is 4.66. The molecular weight excluding hydrogens is 238 g/mol. The fourth-order valence-electron chi connectivity index (χ4n) is 2.22. The number of likely N-dealkylation sites (N-methyl/N-ethyl adjacent to an activating group) is 1. The topological polar surface area (TPSA) is 27.7 Å². The number of nitrogens with zero attached hydrogens (tertiary/aromatic N) is 2. The molecule has 2 fully saturated rings. The molecule has 2 rings (SSSR count). The zero-order valence-electron chi connectivity index (χ0n) is 13.7. The van der Waals surface area contributed by atoms with Crippen molar-refractivity contribution < 1.29 is 4.74 Å². The van der Waals surface area contributed by atoms with Gasteiger partial charge in [-0.2, -0.15) is 0 Å². The molecule has 0 radical (unpaired) electrons. The molecule has 116 valence electrons. The van der Waals surface area contributed by atoms with Gasteiger partial charge in [-0.1, -0.05) is 27.7 Å². The van der Waals surface area contributed by atoms with E-state index in [1.54, 1.807) is 0 Å². The lowest BCUT2D eigenvalue weighted by Crippen LogP contribution is -2.50. The summed E-state index contributed by atoms with van der Waals surface area (Å²) >= 11 is 0. The van der Waals surface area contributed by atoms with Crippen molar-refractivity contribution in [3.05, 3.63) is 0 Å². The lowest BCUT2D eigenvalue weighted by atomic mass is 10.2. The monoisotopic (exact) mass is 273 g/mol. The summed E-state index contributed by atoms with van der Waals surface area (Å²) < 4.78 is 5.76. The van der Waals surface area contributed by atoms with Crippen LogP contribution < -0.4 is 5.32 Å². The third kappa shape index (κ3) is 8.58. The Morgan fingerprint density at radius 2 is 1.63 bits per heavy atom. The second kappa shape index (κ2) is 12.9. The molecule has 1 N–H and O–H groups in total. The predicted molar refractivity (Wildman–Crippen MR) is 83.9 cm³/mol. The molecule has 0 aromatic heterocycles. The van der Waals surface area contributed by atoms with Crippen LogP contribution in [0.4, 0.5) is 0 Å². The molecule has 2 aliphatic rings. The van der Waals surface area contributed by atoms with Gasteiger partial charge in [0.2, 0.25) is 0 Å². The van der Waals surface area contributed by atoms with Crippen LogP contribution in [-0.4, -0.2) is 75.4 Å². The van der Waals surface area contributed by atoms with Crippen molar-refractivity contribution in [3.8, 4) is 0 Å². The van der Waals surface area contributed by atoms with Crippen LogP contribution in [0.5, 0.6) is 0 Å². The van der Waals surface area contributed by atoms with Crippen LogP contribution >= 0.6 is 0 Å². The second-order valence-corrected chi connectivity index (χ2v) is 4.66. The van der Waals surface area contributed by atoms with E-state index in [-0.39, 0.29) is 0 Å². The molecule has 0 saturated carbocycles. The zero-order valence-corrected chi connectivity index (χ0v) is 13.7. The van der Waals surface area contributed by atoms with Crippen LogP contribution in [0.15, 0.2) is 0 Å². The highest BCUT2D eigenvalue weighted by Crippen LogP contribution is 2.08. The molecule has 0 unspecified atom stereocenters. The molecule has 0 atom stereocenters. The summed E-state index contributed by atoms with van der Waals surface area (Å²) in [4.78, 5) is 4.81. The van der Waals surface area contributed by atoms with Gasteiger partial charge in [0.15, 0.2) is 0 Å². The van der Waals surface area contributed by atoms with E-state index in [0.29, 0.717) is 6.10 Å². The van der Waals surface area contributed by atoms with Gasteiger partial charge in [-0.25, -0.2) is 0 Å².